The van der Waals surface area contributed by atoms with Crippen molar-refractivity contribution in [3.05, 3.63) is 76.9 Å². The summed E-state index contributed by atoms with van der Waals surface area (Å²) in [7, 11) is 4.65. The Balaban J connectivity index is 1.48. The predicted molar refractivity (Wildman–Crippen MR) is 139 cm³/mol. The quantitative estimate of drug-likeness (QED) is 0.460. The Kier molecular flexibility index (Phi) is 6.42. The average Bonchev–Trinajstić information content (AvgIpc) is 3.58. The molecule has 1 fully saturated rings. The fourth-order valence-corrected chi connectivity index (χ4v) is 6.03. The van der Waals surface area contributed by atoms with Crippen LogP contribution in [-0.2, 0) is 20.7 Å². The maximum Gasteiger partial charge on any atom is 0.310 e. The largest absolute Gasteiger partial charge is 0.493 e. The number of nitrogens with one attached hydrogen (secondary N) is 1. The summed E-state index contributed by atoms with van der Waals surface area (Å²) in [6.45, 7) is 0.293. The van der Waals surface area contributed by atoms with Crippen molar-refractivity contribution in [2.75, 3.05) is 34.7 Å². The number of amides is 1. The molecule has 1 saturated heterocycles. The summed E-state index contributed by atoms with van der Waals surface area (Å²) < 4.78 is 33.8. The Hall–Kier alpha value is -4.40. The fraction of sp³-hybridized carbons (Fsp3) is 0.333. The molecule has 0 saturated carbocycles. The molecule has 3 aromatic carbocycles. The minimum atomic E-state index is -0.553. The van der Waals surface area contributed by atoms with E-state index >= 15 is 0 Å². The van der Waals surface area contributed by atoms with E-state index in [0.29, 0.717) is 28.7 Å². The second-order valence-corrected chi connectivity index (χ2v) is 9.80. The molecule has 202 valence electrons. The number of benzene rings is 3. The molecule has 0 aromatic heterocycles. The van der Waals surface area contributed by atoms with Gasteiger partial charge in [0.2, 0.25) is 18.4 Å². The number of methoxy groups -OCH3 is 3. The van der Waals surface area contributed by atoms with Crippen molar-refractivity contribution >= 4 is 11.9 Å². The molecule has 2 aliphatic heterocycles. The van der Waals surface area contributed by atoms with Crippen LogP contribution in [0.5, 0.6) is 28.7 Å². The molecule has 1 amide bonds. The molecule has 1 aliphatic carbocycles. The van der Waals surface area contributed by atoms with Gasteiger partial charge in [0.25, 0.3) is 0 Å². The van der Waals surface area contributed by atoms with Crippen molar-refractivity contribution < 1.29 is 38.0 Å². The van der Waals surface area contributed by atoms with Gasteiger partial charge in [-0.25, -0.2) is 0 Å². The number of rotatable bonds is 7. The van der Waals surface area contributed by atoms with E-state index in [9.17, 15) is 9.59 Å². The lowest BCUT2D eigenvalue weighted by molar-refractivity contribution is -0.141. The molecule has 39 heavy (non-hydrogen) atoms. The smallest absolute Gasteiger partial charge is 0.310 e. The number of carbonyl (C=O) groups is 2. The highest BCUT2D eigenvalue weighted by Crippen LogP contribution is 2.55. The van der Waals surface area contributed by atoms with Gasteiger partial charge < -0.3 is 33.7 Å². The Labute approximate surface area is 225 Å². The van der Waals surface area contributed by atoms with Crippen LogP contribution in [0.4, 0.5) is 0 Å². The number of carbonyl (C=O) groups excluding carboxylic acids is 2. The van der Waals surface area contributed by atoms with Gasteiger partial charge >= 0.3 is 5.97 Å². The molecular weight excluding hydrogens is 502 g/mol. The van der Waals surface area contributed by atoms with Crippen LogP contribution in [-0.4, -0.2) is 46.6 Å². The van der Waals surface area contributed by atoms with E-state index < -0.39 is 17.9 Å². The minimum absolute atomic E-state index is 0.104. The van der Waals surface area contributed by atoms with Crippen molar-refractivity contribution in [3.8, 4) is 28.7 Å². The van der Waals surface area contributed by atoms with Crippen LogP contribution in [0, 0.1) is 11.8 Å². The third kappa shape index (κ3) is 4.27. The van der Waals surface area contributed by atoms with Gasteiger partial charge in [-0.2, -0.15) is 0 Å². The summed E-state index contributed by atoms with van der Waals surface area (Å²) >= 11 is 0. The van der Waals surface area contributed by atoms with E-state index in [1.165, 1.54) is 0 Å². The highest BCUT2D eigenvalue weighted by molar-refractivity contribution is 5.82. The van der Waals surface area contributed by atoms with E-state index in [1.54, 1.807) is 21.3 Å². The number of hydrogen-bond donors (Lipinski definition) is 1. The lowest BCUT2D eigenvalue weighted by Gasteiger charge is -2.39. The van der Waals surface area contributed by atoms with E-state index in [4.69, 9.17) is 28.4 Å². The molecule has 0 bridgehead atoms. The highest BCUT2D eigenvalue weighted by atomic mass is 16.7. The zero-order valence-electron chi connectivity index (χ0n) is 21.9. The van der Waals surface area contributed by atoms with E-state index in [2.05, 4.69) is 5.32 Å². The van der Waals surface area contributed by atoms with Crippen molar-refractivity contribution in [1.82, 2.24) is 5.32 Å². The molecule has 9 heteroatoms. The van der Waals surface area contributed by atoms with Crippen LogP contribution < -0.4 is 29.0 Å². The first kappa shape index (κ1) is 24.9. The summed E-state index contributed by atoms with van der Waals surface area (Å²) in [5.41, 5.74) is 3.41. The lowest BCUT2D eigenvalue weighted by atomic mass is 9.65. The molecule has 1 N–H and O–H groups in total. The second kappa shape index (κ2) is 10.1. The maximum atomic E-state index is 13.3. The molecule has 0 spiro atoms. The first-order valence-corrected chi connectivity index (χ1v) is 12.8. The molecule has 2 heterocycles. The Morgan fingerprint density at radius 2 is 1.56 bits per heavy atom. The number of esters is 1. The lowest BCUT2D eigenvalue weighted by Crippen LogP contribution is -2.43. The number of hydrogen-bond acceptors (Lipinski definition) is 8. The molecule has 4 unspecified atom stereocenters. The summed E-state index contributed by atoms with van der Waals surface area (Å²) in [4.78, 5) is 26.6. The normalized spacial score (nSPS) is 22.4. The van der Waals surface area contributed by atoms with Crippen molar-refractivity contribution in [3.63, 3.8) is 0 Å². The topological polar surface area (TPSA) is 102 Å². The summed E-state index contributed by atoms with van der Waals surface area (Å²) in [5.74, 6) is 0.896. The van der Waals surface area contributed by atoms with E-state index in [-0.39, 0.29) is 37.6 Å². The predicted octanol–water partition coefficient (Wildman–Crippen LogP) is 3.78. The standard InChI is InChI=1S/C30H29NO8/c1-34-23-10-17(11-24(35-2)29(23)36-3)26-18-12-21-22(39-15-38-21)13-19(18)28(20-14-37-30(33)27(20)26)31-25(32)9-16-7-5-4-6-8-16/h4-8,10-13,20,26-28H,9,14-15H2,1-3H3,(H,31,32). The Bertz CT molecular complexity index is 1400. The molecule has 9 nitrogen and oxygen atoms in total. The van der Waals surface area contributed by atoms with Gasteiger partial charge in [-0.15, -0.1) is 0 Å². The molecule has 4 atom stereocenters. The molecule has 3 aliphatic rings. The van der Waals surface area contributed by atoms with E-state index in [0.717, 1.165) is 22.3 Å². The summed E-state index contributed by atoms with van der Waals surface area (Å²) in [6, 6.07) is 16.6. The van der Waals surface area contributed by atoms with Crippen LogP contribution in [0.3, 0.4) is 0 Å². The van der Waals surface area contributed by atoms with Crippen LogP contribution in [0.2, 0.25) is 0 Å². The second-order valence-electron chi connectivity index (χ2n) is 9.80. The third-order valence-electron chi connectivity index (χ3n) is 7.76. The molecule has 6 rings (SSSR count). The first-order valence-electron chi connectivity index (χ1n) is 12.8. The fourth-order valence-electron chi connectivity index (χ4n) is 6.03. The van der Waals surface area contributed by atoms with Crippen LogP contribution in [0.15, 0.2) is 54.6 Å². The van der Waals surface area contributed by atoms with E-state index in [1.807, 2.05) is 54.6 Å². The summed E-state index contributed by atoms with van der Waals surface area (Å²) in [6.07, 6.45) is 0.222. The molecular formula is C30H29NO8. The summed E-state index contributed by atoms with van der Waals surface area (Å²) in [5, 5.41) is 3.21. The van der Waals surface area contributed by atoms with Gasteiger partial charge in [0.15, 0.2) is 23.0 Å². The van der Waals surface area contributed by atoms with Crippen LogP contribution in [0.25, 0.3) is 0 Å². The van der Waals surface area contributed by atoms with Gasteiger partial charge in [-0.3, -0.25) is 9.59 Å². The maximum absolute atomic E-state index is 13.3. The van der Waals surface area contributed by atoms with Gasteiger partial charge in [-0.1, -0.05) is 30.3 Å². The van der Waals surface area contributed by atoms with Crippen LogP contribution >= 0.6 is 0 Å². The zero-order chi connectivity index (χ0) is 27.1. The van der Waals surface area contributed by atoms with Gasteiger partial charge in [-0.05, 0) is 46.5 Å². The van der Waals surface area contributed by atoms with Crippen molar-refractivity contribution in [1.29, 1.82) is 0 Å². The van der Waals surface area contributed by atoms with Crippen LogP contribution in [0.1, 0.15) is 34.2 Å². The number of cyclic esters (lactones) is 1. The Morgan fingerprint density at radius 3 is 2.21 bits per heavy atom. The SMILES string of the molecule is COc1cc(C2c3cc4c(cc3C(NC(=O)Cc3ccccc3)C3COC(=O)C23)OCO4)cc(OC)c1OC. The molecule has 0 radical (unpaired) electrons. The van der Waals surface area contributed by atoms with Crippen molar-refractivity contribution in [2.45, 2.75) is 18.4 Å². The minimum Gasteiger partial charge on any atom is -0.493 e. The monoisotopic (exact) mass is 531 g/mol. The highest BCUT2D eigenvalue weighted by Gasteiger charge is 2.53. The third-order valence-corrected chi connectivity index (χ3v) is 7.76. The molecule has 3 aromatic rings. The number of ether oxygens (including phenoxy) is 6. The number of fused-ring (bicyclic) bond motifs is 3. The Morgan fingerprint density at radius 1 is 0.897 bits per heavy atom. The zero-order valence-corrected chi connectivity index (χ0v) is 21.9. The van der Waals surface area contributed by atoms with Gasteiger partial charge in [0, 0.05) is 11.8 Å². The average molecular weight is 532 g/mol. The first-order chi connectivity index (χ1) is 19.0. The van der Waals surface area contributed by atoms with Gasteiger partial charge in [0.05, 0.1) is 46.3 Å². The van der Waals surface area contributed by atoms with Gasteiger partial charge in [0.1, 0.15) is 0 Å². The van der Waals surface area contributed by atoms with Crippen molar-refractivity contribution in [2.24, 2.45) is 11.8 Å².